The molecule has 0 aromatic heterocycles. The molecule has 5 nitrogen and oxygen atoms in total. The number of aliphatic carboxylic acids is 1. The van der Waals surface area contributed by atoms with Gasteiger partial charge in [0.1, 0.15) is 0 Å². The summed E-state index contributed by atoms with van der Waals surface area (Å²) in [6.07, 6.45) is 0.791. The molecule has 1 aromatic rings. The van der Waals surface area contributed by atoms with Gasteiger partial charge in [-0.15, -0.1) is 0 Å². The monoisotopic (exact) mass is 281 g/mol. The zero-order chi connectivity index (χ0) is 14.7. The molecule has 1 aliphatic heterocycles. The van der Waals surface area contributed by atoms with Crippen molar-refractivity contribution in [1.29, 1.82) is 0 Å². The van der Waals surface area contributed by atoms with Gasteiger partial charge in [-0.3, -0.25) is 9.59 Å². The van der Waals surface area contributed by atoms with E-state index < -0.39 is 23.6 Å². The van der Waals surface area contributed by atoms with Crippen LogP contribution in [0.1, 0.15) is 23.2 Å². The number of likely N-dealkylation sites (tertiary alicyclic amines) is 1. The molecule has 0 aliphatic carbocycles. The molecule has 1 amide bonds. The van der Waals surface area contributed by atoms with Crippen LogP contribution in [0, 0.1) is 11.7 Å². The lowest BCUT2D eigenvalue weighted by Crippen LogP contribution is -2.40. The number of carboxylic acids is 1. The van der Waals surface area contributed by atoms with Crippen molar-refractivity contribution in [3.8, 4) is 5.75 Å². The van der Waals surface area contributed by atoms with Gasteiger partial charge >= 0.3 is 5.97 Å². The van der Waals surface area contributed by atoms with Crippen LogP contribution in [0.5, 0.6) is 5.75 Å². The number of nitrogens with zero attached hydrogens (tertiary/aromatic N) is 1. The number of benzene rings is 1. The lowest BCUT2D eigenvalue weighted by atomic mass is 9.96. The molecule has 2 rings (SSSR count). The fourth-order valence-electron chi connectivity index (χ4n) is 2.33. The van der Waals surface area contributed by atoms with E-state index in [0.717, 1.165) is 0 Å². The molecule has 20 heavy (non-hydrogen) atoms. The van der Waals surface area contributed by atoms with Crippen LogP contribution >= 0.6 is 0 Å². The van der Waals surface area contributed by atoms with Crippen LogP contribution in [0.4, 0.5) is 4.39 Å². The minimum atomic E-state index is -0.843. The number of methoxy groups -OCH3 is 1. The van der Waals surface area contributed by atoms with Crippen molar-refractivity contribution in [3.63, 3.8) is 0 Å². The third kappa shape index (κ3) is 2.74. The van der Waals surface area contributed by atoms with Gasteiger partial charge < -0.3 is 14.7 Å². The molecule has 0 bridgehead atoms. The number of ether oxygens (including phenoxy) is 1. The van der Waals surface area contributed by atoms with Gasteiger partial charge in [0.15, 0.2) is 11.6 Å². The zero-order valence-electron chi connectivity index (χ0n) is 11.1. The largest absolute Gasteiger partial charge is 0.494 e. The minimum Gasteiger partial charge on any atom is -0.494 e. The number of amides is 1. The van der Waals surface area contributed by atoms with Crippen molar-refractivity contribution in [2.45, 2.75) is 12.8 Å². The van der Waals surface area contributed by atoms with Crippen LogP contribution < -0.4 is 4.74 Å². The summed E-state index contributed by atoms with van der Waals surface area (Å²) in [5.74, 6) is -2.35. The van der Waals surface area contributed by atoms with Crippen LogP contribution in [0.3, 0.4) is 0 Å². The third-order valence-corrected chi connectivity index (χ3v) is 3.55. The van der Waals surface area contributed by atoms with E-state index in [4.69, 9.17) is 9.84 Å². The number of carbonyl (C=O) groups is 2. The Balaban J connectivity index is 2.11. The molecule has 1 aromatic carbocycles. The van der Waals surface area contributed by atoms with E-state index in [2.05, 4.69) is 0 Å². The van der Waals surface area contributed by atoms with Gasteiger partial charge in [0.25, 0.3) is 5.91 Å². The van der Waals surface area contributed by atoms with Gasteiger partial charge in [-0.1, -0.05) is 6.07 Å². The van der Waals surface area contributed by atoms with Crippen molar-refractivity contribution < 1.29 is 23.8 Å². The molecule has 108 valence electrons. The molecule has 1 aliphatic rings. The molecule has 0 spiro atoms. The van der Waals surface area contributed by atoms with E-state index in [0.29, 0.717) is 25.9 Å². The van der Waals surface area contributed by atoms with Crippen LogP contribution in [0.2, 0.25) is 0 Å². The second-order valence-electron chi connectivity index (χ2n) is 4.73. The Hall–Kier alpha value is -2.11. The second kappa shape index (κ2) is 5.90. The van der Waals surface area contributed by atoms with Crippen molar-refractivity contribution in [2.24, 2.45) is 5.92 Å². The van der Waals surface area contributed by atoms with Crippen molar-refractivity contribution >= 4 is 11.9 Å². The van der Waals surface area contributed by atoms with E-state index in [1.807, 2.05) is 0 Å². The fourth-order valence-corrected chi connectivity index (χ4v) is 2.33. The van der Waals surface area contributed by atoms with Gasteiger partial charge in [0.05, 0.1) is 18.6 Å². The molecular weight excluding hydrogens is 265 g/mol. The first-order valence-corrected chi connectivity index (χ1v) is 6.39. The highest BCUT2D eigenvalue weighted by atomic mass is 19.1. The van der Waals surface area contributed by atoms with E-state index in [1.54, 1.807) is 6.07 Å². The molecule has 1 N–H and O–H groups in total. The summed E-state index contributed by atoms with van der Waals surface area (Å²) in [7, 11) is 1.34. The Kier molecular flexibility index (Phi) is 4.22. The smallest absolute Gasteiger partial charge is 0.306 e. The van der Waals surface area contributed by atoms with Crippen molar-refractivity contribution in [3.05, 3.63) is 29.6 Å². The normalized spacial score (nSPS) is 16.0. The number of piperidine rings is 1. The van der Waals surface area contributed by atoms with E-state index >= 15 is 0 Å². The Morgan fingerprint density at radius 3 is 2.55 bits per heavy atom. The van der Waals surface area contributed by atoms with Crippen LogP contribution in [-0.2, 0) is 4.79 Å². The highest BCUT2D eigenvalue weighted by molar-refractivity contribution is 5.95. The van der Waals surface area contributed by atoms with Gasteiger partial charge in [0, 0.05) is 13.1 Å². The van der Waals surface area contributed by atoms with Crippen LogP contribution in [0.25, 0.3) is 0 Å². The Morgan fingerprint density at radius 2 is 2.00 bits per heavy atom. The topological polar surface area (TPSA) is 66.8 Å². The SMILES string of the molecule is COc1cccc(C(=O)N2CCC(C(=O)O)CC2)c1F. The van der Waals surface area contributed by atoms with Crippen LogP contribution in [0.15, 0.2) is 18.2 Å². The highest BCUT2D eigenvalue weighted by Crippen LogP contribution is 2.24. The predicted molar refractivity (Wildman–Crippen MR) is 69.2 cm³/mol. The first-order chi connectivity index (χ1) is 9.54. The number of carbonyl (C=O) groups excluding carboxylic acids is 1. The quantitative estimate of drug-likeness (QED) is 0.917. The maximum atomic E-state index is 14.0. The van der Waals surface area contributed by atoms with E-state index in [9.17, 15) is 14.0 Å². The van der Waals surface area contributed by atoms with Crippen LogP contribution in [-0.4, -0.2) is 42.1 Å². The van der Waals surface area contributed by atoms with Gasteiger partial charge in [-0.05, 0) is 25.0 Å². The molecule has 0 atom stereocenters. The first-order valence-electron chi connectivity index (χ1n) is 6.39. The average Bonchev–Trinajstić information content (AvgIpc) is 2.47. The fraction of sp³-hybridized carbons (Fsp3) is 0.429. The molecule has 0 radical (unpaired) electrons. The number of hydrogen-bond donors (Lipinski definition) is 1. The van der Waals surface area contributed by atoms with Crippen molar-refractivity contribution in [1.82, 2.24) is 4.90 Å². The summed E-state index contributed by atoms with van der Waals surface area (Å²) >= 11 is 0. The molecular formula is C14H16FNO4. The number of hydrogen-bond acceptors (Lipinski definition) is 3. The maximum absolute atomic E-state index is 14.0. The number of carboxylic acid groups (broad SMARTS) is 1. The summed E-state index contributed by atoms with van der Waals surface area (Å²) in [5.41, 5.74) is -0.0434. The Labute approximate surface area is 116 Å². The maximum Gasteiger partial charge on any atom is 0.306 e. The Bertz CT molecular complexity index is 524. The van der Waals surface area contributed by atoms with Gasteiger partial charge in [-0.2, -0.15) is 0 Å². The molecule has 0 unspecified atom stereocenters. The molecule has 6 heteroatoms. The number of rotatable bonds is 3. The lowest BCUT2D eigenvalue weighted by Gasteiger charge is -2.30. The summed E-state index contributed by atoms with van der Waals surface area (Å²) in [5, 5.41) is 8.91. The lowest BCUT2D eigenvalue weighted by molar-refractivity contribution is -0.143. The molecule has 0 saturated carbocycles. The van der Waals surface area contributed by atoms with Crippen molar-refractivity contribution in [2.75, 3.05) is 20.2 Å². The summed E-state index contributed by atoms with van der Waals surface area (Å²) < 4.78 is 18.9. The second-order valence-corrected chi connectivity index (χ2v) is 4.73. The Morgan fingerprint density at radius 1 is 1.35 bits per heavy atom. The zero-order valence-corrected chi connectivity index (χ0v) is 11.1. The number of halogens is 1. The van der Waals surface area contributed by atoms with Gasteiger partial charge in [0.2, 0.25) is 0 Å². The van der Waals surface area contributed by atoms with E-state index in [1.165, 1.54) is 24.1 Å². The highest BCUT2D eigenvalue weighted by Gasteiger charge is 2.29. The summed E-state index contributed by atoms with van der Waals surface area (Å²) in [6.45, 7) is 0.652. The molecule has 1 saturated heterocycles. The third-order valence-electron chi connectivity index (χ3n) is 3.55. The average molecular weight is 281 g/mol. The van der Waals surface area contributed by atoms with E-state index in [-0.39, 0.29) is 11.3 Å². The van der Waals surface area contributed by atoms with Gasteiger partial charge in [-0.25, -0.2) is 4.39 Å². The summed E-state index contributed by atoms with van der Waals surface area (Å²) in [6, 6.07) is 4.41. The predicted octanol–water partition coefficient (Wildman–Crippen LogP) is 1.77. The first kappa shape index (κ1) is 14.3. The molecule has 1 fully saturated rings. The minimum absolute atomic E-state index is 0.0243. The standard InChI is InChI=1S/C14H16FNO4/c1-20-11-4-2-3-10(12(11)15)13(17)16-7-5-9(6-8-16)14(18)19/h2-4,9H,5-8H2,1H3,(H,18,19). The summed E-state index contributed by atoms with van der Waals surface area (Å²) in [4.78, 5) is 24.6. The molecule has 1 heterocycles.